The molecule has 0 radical (unpaired) electrons. The van der Waals surface area contributed by atoms with Crippen molar-refractivity contribution in [2.45, 2.75) is 13.3 Å². The van der Waals surface area contributed by atoms with Crippen LogP contribution in [0.1, 0.15) is 12.6 Å². The largest absolute Gasteiger partial charge is 0.497 e. The number of rotatable bonds is 2. The van der Waals surface area contributed by atoms with E-state index in [1.807, 2.05) is 19.1 Å². The van der Waals surface area contributed by atoms with Gasteiger partial charge in [-0.25, -0.2) is 4.68 Å². The Kier molecular flexibility index (Phi) is 2.64. The Morgan fingerprint density at radius 1 is 1.38 bits per heavy atom. The lowest BCUT2D eigenvalue weighted by molar-refractivity contribution is 0.415. The highest BCUT2D eigenvalue weighted by Crippen LogP contribution is 2.19. The molecule has 0 N–H and O–H groups in total. The molecular formula is C12H14N2O2. The average molecular weight is 218 g/mol. The number of fused-ring (bicyclic) bond motifs is 1. The van der Waals surface area contributed by atoms with Crippen LogP contribution in [0.4, 0.5) is 0 Å². The smallest absolute Gasteiger partial charge is 0.274 e. The standard InChI is InChI=1S/C12H14N2O2/c1-4-11-9-6-5-8(16-3)7-10(9)12(15)14(2)13-11/h5-7H,4H2,1-3H3. The first-order valence-electron chi connectivity index (χ1n) is 5.21. The first-order valence-corrected chi connectivity index (χ1v) is 5.21. The molecule has 0 aliphatic heterocycles. The second-order valence-electron chi connectivity index (χ2n) is 3.64. The van der Waals surface area contributed by atoms with Gasteiger partial charge in [-0.3, -0.25) is 4.79 Å². The molecule has 1 heterocycles. The van der Waals surface area contributed by atoms with E-state index in [0.717, 1.165) is 17.5 Å². The number of hydrogen-bond acceptors (Lipinski definition) is 3. The van der Waals surface area contributed by atoms with Crippen LogP contribution in [0.2, 0.25) is 0 Å². The van der Waals surface area contributed by atoms with Crippen LogP contribution in [0.15, 0.2) is 23.0 Å². The van der Waals surface area contributed by atoms with Crippen molar-refractivity contribution in [2.75, 3.05) is 7.11 Å². The number of ether oxygens (including phenoxy) is 1. The molecule has 0 atom stereocenters. The van der Waals surface area contributed by atoms with Crippen LogP contribution in [0.25, 0.3) is 10.8 Å². The summed E-state index contributed by atoms with van der Waals surface area (Å²) in [6.07, 6.45) is 0.803. The molecule has 1 aromatic heterocycles. The SMILES string of the molecule is CCc1nn(C)c(=O)c2cc(OC)ccc12. The molecule has 4 heteroatoms. The Morgan fingerprint density at radius 2 is 2.12 bits per heavy atom. The lowest BCUT2D eigenvalue weighted by Gasteiger charge is -2.07. The highest BCUT2D eigenvalue weighted by atomic mass is 16.5. The minimum Gasteiger partial charge on any atom is -0.497 e. The van der Waals surface area contributed by atoms with Crippen molar-refractivity contribution >= 4 is 10.8 Å². The van der Waals surface area contributed by atoms with Gasteiger partial charge >= 0.3 is 0 Å². The lowest BCUT2D eigenvalue weighted by Crippen LogP contribution is -2.21. The molecule has 0 aliphatic carbocycles. The van der Waals surface area contributed by atoms with E-state index in [9.17, 15) is 4.79 Å². The number of aryl methyl sites for hydroxylation is 2. The molecule has 0 spiro atoms. The minimum atomic E-state index is -0.0916. The molecule has 2 aromatic rings. The molecule has 0 bridgehead atoms. The summed E-state index contributed by atoms with van der Waals surface area (Å²) in [7, 11) is 3.26. The number of aromatic nitrogens is 2. The molecule has 0 fully saturated rings. The summed E-state index contributed by atoms with van der Waals surface area (Å²) in [5.74, 6) is 0.692. The van der Waals surface area contributed by atoms with Crippen LogP contribution >= 0.6 is 0 Å². The molecule has 84 valence electrons. The van der Waals surface area contributed by atoms with Crippen molar-refractivity contribution in [3.05, 3.63) is 34.2 Å². The van der Waals surface area contributed by atoms with E-state index in [0.29, 0.717) is 11.1 Å². The number of benzene rings is 1. The molecule has 0 unspecified atom stereocenters. The van der Waals surface area contributed by atoms with Crippen molar-refractivity contribution in [1.29, 1.82) is 0 Å². The van der Waals surface area contributed by atoms with Gasteiger partial charge < -0.3 is 4.74 Å². The molecular weight excluding hydrogens is 204 g/mol. The van der Waals surface area contributed by atoms with E-state index in [1.165, 1.54) is 4.68 Å². The van der Waals surface area contributed by atoms with Crippen molar-refractivity contribution in [3.63, 3.8) is 0 Å². The Morgan fingerprint density at radius 3 is 2.75 bits per heavy atom. The zero-order valence-electron chi connectivity index (χ0n) is 9.65. The third-order valence-electron chi connectivity index (χ3n) is 2.67. The summed E-state index contributed by atoms with van der Waals surface area (Å²) in [4.78, 5) is 11.9. The summed E-state index contributed by atoms with van der Waals surface area (Å²) in [5.41, 5.74) is 0.839. The zero-order valence-corrected chi connectivity index (χ0v) is 9.65. The summed E-state index contributed by atoms with van der Waals surface area (Å²) in [6, 6.07) is 5.50. The summed E-state index contributed by atoms with van der Waals surface area (Å²) in [5, 5.41) is 5.81. The molecule has 0 amide bonds. The van der Waals surface area contributed by atoms with Crippen LogP contribution < -0.4 is 10.3 Å². The fraction of sp³-hybridized carbons (Fsp3) is 0.333. The van der Waals surface area contributed by atoms with Crippen molar-refractivity contribution in [3.8, 4) is 5.75 Å². The zero-order chi connectivity index (χ0) is 11.7. The lowest BCUT2D eigenvalue weighted by atomic mass is 10.1. The van der Waals surface area contributed by atoms with Gasteiger partial charge in [0.15, 0.2) is 0 Å². The second kappa shape index (κ2) is 3.96. The van der Waals surface area contributed by atoms with Gasteiger partial charge in [0.25, 0.3) is 5.56 Å². The van der Waals surface area contributed by atoms with Crippen LogP contribution in [-0.2, 0) is 13.5 Å². The van der Waals surface area contributed by atoms with Crippen LogP contribution in [-0.4, -0.2) is 16.9 Å². The van der Waals surface area contributed by atoms with Gasteiger partial charge in [-0.1, -0.05) is 6.92 Å². The van der Waals surface area contributed by atoms with E-state index in [2.05, 4.69) is 5.10 Å². The quantitative estimate of drug-likeness (QED) is 0.767. The van der Waals surface area contributed by atoms with Crippen LogP contribution in [0.5, 0.6) is 5.75 Å². The Balaban J connectivity index is 2.88. The summed E-state index contributed by atoms with van der Waals surface area (Å²) >= 11 is 0. The average Bonchev–Trinajstić information content (AvgIpc) is 2.33. The molecule has 4 nitrogen and oxygen atoms in total. The third-order valence-corrected chi connectivity index (χ3v) is 2.67. The number of methoxy groups -OCH3 is 1. The molecule has 0 aliphatic rings. The Labute approximate surface area is 93.5 Å². The normalized spacial score (nSPS) is 10.7. The van der Waals surface area contributed by atoms with E-state index < -0.39 is 0 Å². The van der Waals surface area contributed by atoms with Crippen LogP contribution in [0.3, 0.4) is 0 Å². The monoisotopic (exact) mass is 218 g/mol. The molecule has 16 heavy (non-hydrogen) atoms. The Bertz CT molecular complexity index is 587. The fourth-order valence-electron chi connectivity index (χ4n) is 1.79. The van der Waals surface area contributed by atoms with E-state index >= 15 is 0 Å². The maximum Gasteiger partial charge on any atom is 0.274 e. The van der Waals surface area contributed by atoms with Crippen molar-refractivity contribution in [1.82, 2.24) is 9.78 Å². The summed E-state index contributed by atoms with van der Waals surface area (Å²) in [6.45, 7) is 2.02. The highest BCUT2D eigenvalue weighted by molar-refractivity contribution is 5.84. The molecule has 0 saturated heterocycles. The van der Waals surface area contributed by atoms with E-state index in [-0.39, 0.29) is 5.56 Å². The van der Waals surface area contributed by atoms with Crippen molar-refractivity contribution < 1.29 is 4.74 Å². The van der Waals surface area contributed by atoms with Gasteiger partial charge in [0.1, 0.15) is 5.75 Å². The minimum absolute atomic E-state index is 0.0916. The molecule has 1 aromatic carbocycles. The fourth-order valence-corrected chi connectivity index (χ4v) is 1.79. The topological polar surface area (TPSA) is 44.1 Å². The third kappa shape index (κ3) is 1.56. The maximum absolute atomic E-state index is 11.9. The maximum atomic E-state index is 11.9. The van der Waals surface area contributed by atoms with Crippen LogP contribution in [0, 0.1) is 0 Å². The predicted molar refractivity (Wildman–Crippen MR) is 62.9 cm³/mol. The molecule has 2 rings (SSSR count). The van der Waals surface area contributed by atoms with Gasteiger partial charge in [0.2, 0.25) is 0 Å². The van der Waals surface area contributed by atoms with Gasteiger partial charge in [0.05, 0.1) is 18.2 Å². The first kappa shape index (κ1) is 10.7. The van der Waals surface area contributed by atoms with Gasteiger partial charge in [-0.05, 0) is 24.6 Å². The highest BCUT2D eigenvalue weighted by Gasteiger charge is 2.08. The van der Waals surface area contributed by atoms with E-state index in [4.69, 9.17) is 4.74 Å². The van der Waals surface area contributed by atoms with Gasteiger partial charge in [-0.15, -0.1) is 0 Å². The second-order valence-corrected chi connectivity index (χ2v) is 3.64. The summed E-state index contributed by atoms with van der Waals surface area (Å²) < 4.78 is 6.50. The van der Waals surface area contributed by atoms with Crippen molar-refractivity contribution in [2.24, 2.45) is 7.05 Å². The molecule has 0 saturated carbocycles. The number of hydrogen-bond donors (Lipinski definition) is 0. The van der Waals surface area contributed by atoms with Gasteiger partial charge in [-0.2, -0.15) is 5.10 Å². The van der Waals surface area contributed by atoms with E-state index in [1.54, 1.807) is 20.2 Å². The number of nitrogens with zero attached hydrogens (tertiary/aromatic N) is 2. The van der Waals surface area contributed by atoms with Gasteiger partial charge in [0, 0.05) is 12.4 Å². The predicted octanol–water partition coefficient (Wildman–Crippen LogP) is 1.50. The first-order chi connectivity index (χ1) is 7.67. The Hall–Kier alpha value is -1.84.